The molecule has 0 aliphatic heterocycles. The summed E-state index contributed by atoms with van der Waals surface area (Å²) in [6.45, 7) is 1.16. The van der Waals surface area contributed by atoms with Crippen LogP contribution in [-0.2, 0) is 11.3 Å². The maximum atomic E-state index is 12.3. The summed E-state index contributed by atoms with van der Waals surface area (Å²) in [7, 11) is 0. The molecule has 1 aromatic heterocycles. The minimum atomic E-state index is -0.805. The molecule has 1 aliphatic carbocycles. The lowest BCUT2D eigenvalue weighted by atomic mass is 9.81. The van der Waals surface area contributed by atoms with Crippen molar-refractivity contribution >= 4 is 5.91 Å². The van der Waals surface area contributed by atoms with Crippen molar-refractivity contribution in [2.24, 2.45) is 5.41 Å². The van der Waals surface area contributed by atoms with E-state index in [-0.39, 0.29) is 5.91 Å². The molecule has 102 valence electrons. The average molecular weight is 260 g/mol. The van der Waals surface area contributed by atoms with Crippen LogP contribution in [0.5, 0.6) is 0 Å². The number of hydrogen-bond donors (Lipinski definition) is 1. The van der Waals surface area contributed by atoms with Crippen LogP contribution in [-0.4, -0.2) is 22.2 Å². The van der Waals surface area contributed by atoms with E-state index >= 15 is 0 Å². The molecule has 5 heteroatoms. The molecule has 0 atom stereocenters. The molecule has 1 aliphatic rings. The smallest absolute Gasteiger partial charge is 0.240 e. The number of nitrogens with one attached hydrogen (secondary N) is 1. The van der Waals surface area contributed by atoms with Gasteiger partial charge in [0.1, 0.15) is 5.41 Å². The third-order valence-electron chi connectivity index (χ3n) is 3.79. The van der Waals surface area contributed by atoms with Crippen molar-refractivity contribution in [2.75, 3.05) is 6.54 Å². The fourth-order valence-electron chi connectivity index (χ4n) is 2.61. The molecular weight excluding hydrogens is 240 g/mol. The monoisotopic (exact) mass is 260 g/mol. The van der Waals surface area contributed by atoms with Crippen LogP contribution in [0.25, 0.3) is 0 Å². The van der Waals surface area contributed by atoms with Gasteiger partial charge in [-0.25, -0.2) is 0 Å². The molecule has 0 radical (unpaired) electrons. The molecule has 1 aromatic rings. The lowest BCUT2D eigenvalue weighted by molar-refractivity contribution is -0.128. The summed E-state index contributed by atoms with van der Waals surface area (Å²) in [4.78, 5) is 12.3. The Morgan fingerprint density at radius 2 is 2.11 bits per heavy atom. The zero-order valence-corrected chi connectivity index (χ0v) is 11.1. The minimum absolute atomic E-state index is 0.107. The van der Waals surface area contributed by atoms with E-state index in [1.54, 1.807) is 10.9 Å². The van der Waals surface area contributed by atoms with Gasteiger partial charge in [-0.3, -0.25) is 9.48 Å². The molecule has 0 saturated heterocycles. The summed E-state index contributed by atoms with van der Waals surface area (Å²) in [5.74, 6) is -0.107. The minimum Gasteiger partial charge on any atom is -0.353 e. The first kappa shape index (κ1) is 13.6. The zero-order chi connectivity index (χ0) is 13.6. The van der Waals surface area contributed by atoms with Crippen molar-refractivity contribution in [1.29, 1.82) is 5.26 Å². The number of aromatic nitrogens is 2. The van der Waals surface area contributed by atoms with Gasteiger partial charge in [-0.2, -0.15) is 10.4 Å². The van der Waals surface area contributed by atoms with Crippen LogP contribution in [0.4, 0.5) is 0 Å². The summed E-state index contributed by atoms with van der Waals surface area (Å²) >= 11 is 0. The van der Waals surface area contributed by atoms with E-state index in [2.05, 4.69) is 16.5 Å². The Kier molecular flexibility index (Phi) is 4.56. The van der Waals surface area contributed by atoms with E-state index in [1.165, 1.54) is 0 Å². The topological polar surface area (TPSA) is 70.7 Å². The number of hydrogen-bond acceptors (Lipinski definition) is 3. The van der Waals surface area contributed by atoms with Crippen LogP contribution in [0.15, 0.2) is 18.5 Å². The predicted octanol–water partition coefficient (Wildman–Crippen LogP) is 1.86. The van der Waals surface area contributed by atoms with Gasteiger partial charge in [0.05, 0.1) is 12.6 Å². The van der Waals surface area contributed by atoms with Crippen molar-refractivity contribution in [3.05, 3.63) is 18.5 Å². The van der Waals surface area contributed by atoms with Gasteiger partial charge in [-0.1, -0.05) is 25.7 Å². The van der Waals surface area contributed by atoms with E-state index in [4.69, 9.17) is 0 Å². The van der Waals surface area contributed by atoms with E-state index in [0.29, 0.717) is 25.9 Å². The molecule has 0 aromatic carbocycles. The largest absolute Gasteiger partial charge is 0.353 e. The molecular formula is C14H20N4O. The number of amides is 1. The Morgan fingerprint density at radius 3 is 2.68 bits per heavy atom. The van der Waals surface area contributed by atoms with Crippen molar-refractivity contribution < 1.29 is 4.79 Å². The Bertz CT molecular complexity index is 439. The molecule has 0 spiro atoms. The van der Waals surface area contributed by atoms with Crippen LogP contribution in [0.3, 0.4) is 0 Å². The zero-order valence-electron chi connectivity index (χ0n) is 11.1. The maximum absolute atomic E-state index is 12.3. The van der Waals surface area contributed by atoms with Crippen LogP contribution in [0.1, 0.15) is 38.5 Å². The van der Waals surface area contributed by atoms with Gasteiger partial charge in [0.25, 0.3) is 0 Å². The lowest BCUT2D eigenvalue weighted by Gasteiger charge is -2.23. The number of carbonyl (C=O) groups is 1. The normalized spacial score (nSPS) is 18.3. The summed E-state index contributed by atoms with van der Waals surface area (Å²) in [5.41, 5.74) is -0.805. The fraction of sp³-hybridized carbons (Fsp3) is 0.643. The second-order valence-electron chi connectivity index (χ2n) is 5.13. The Hall–Kier alpha value is -1.83. The lowest BCUT2D eigenvalue weighted by Crippen LogP contribution is -2.41. The first-order valence-corrected chi connectivity index (χ1v) is 6.94. The SMILES string of the molecule is N#CC1(C(=O)NCCn2cccn2)CCCCCC1. The highest BCUT2D eigenvalue weighted by Gasteiger charge is 2.38. The quantitative estimate of drug-likeness (QED) is 0.840. The Morgan fingerprint density at radius 1 is 1.37 bits per heavy atom. The van der Waals surface area contributed by atoms with Crippen LogP contribution < -0.4 is 5.32 Å². The molecule has 19 heavy (non-hydrogen) atoms. The first-order chi connectivity index (χ1) is 9.27. The van der Waals surface area contributed by atoms with E-state index in [0.717, 1.165) is 25.7 Å². The molecule has 1 N–H and O–H groups in total. The van der Waals surface area contributed by atoms with E-state index < -0.39 is 5.41 Å². The molecule has 0 bridgehead atoms. The van der Waals surface area contributed by atoms with Crippen molar-refractivity contribution in [3.8, 4) is 6.07 Å². The fourth-order valence-corrected chi connectivity index (χ4v) is 2.61. The summed E-state index contributed by atoms with van der Waals surface area (Å²) < 4.78 is 1.77. The highest BCUT2D eigenvalue weighted by atomic mass is 16.2. The predicted molar refractivity (Wildman–Crippen MR) is 71.0 cm³/mol. The third kappa shape index (κ3) is 3.34. The first-order valence-electron chi connectivity index (χ1n) is 6.94. The highest BCUT2D eigenvalue weighted by Crippen LogP contribution is 2.34. The standard InChI is InChI=1S/C14H20N4O/c15-12-14(6-3-1-2-4-7-14)13(19)16-9-11-18-10-5-8-17-18/h5,8,10H,1-4,6-7,9,11H2,(H,16,19). The molecule has 5 nitrogen and oxygen atoms in total. The van der Waals surface area contributed by atoms with E-state index in [9.17, 15) is 10.1 Å². The Balaban J connectivity index is 1.87. The van der Waals surface area contributed by atoms with Crippen molar-refractivity contribution in [1.82, 2.24) is 15.1 Å². The van der Waals surface area contributed by atoms with Crippen LogP contribution in [0, 0.1) is 16.7 Å². The van der Waals surface area contributed by atoms with Gasteiger partial charge in [0.15, 0.2) is 0 Å². The van der Waals surface area contributed by atoms with E-state index in [1.807, 2.05) is 12.3 Å². The molecule has 2 rings (SSSR count). The molecule has 1 fully saturated rings. The van der Waals surface area contributed by atoms with Crippen molar-refractivity contribution in [3.63, 3.8) is 0 Å². The second kappa shape index (κ2) is 6.37. The van der Waals surface area contributed by atoms with Crippen LogP contribution >= 0.6 is 0 Å². The van der Waals surface area contributed by atoms with Gasteiger partial charge in [-0.05, 0) is 18.9 Å². The van der Waals surface area contributed by atoms with Gasteiger partial charge in [-0.15, -0.1) is 0 Å². The van der Waals surface area contributed by atoms with Gasteiger partial charge in [0.2, 0.25) is 5.91 Å². The maximum Gasteiger partial charge on any atom is 0.240 e. The third-order valence-corrected chi connectivity index (χ3v) is 3.79. The van der Waals surface area contributed by atoms with Gasteiger partial charge in [0, 0.05) is 18.9 Å². The number of nitrogens with zero attached hydrogens (tertiary/aromatic N) is 3. The second-order valence-corrected chi connectivity index (χ2v) is 5.13. The van der Waals surface area contributed by atoms with Gasteiger partial charge < -0.3 is 5.32 Å². The molecule has 1 saturated carbocycles. The number of nitriles is 1. The number of carbonyl (C=O) groups excluding carboxylic acids is 1. The average Bonchev–Trinajstić information content (AvgIpc) is 2.82. The number of rotatable bonds is 4. The summed E-state index contributed by atoms with van der Waals surface area (Å²) in [6, 6.07) is 4.12. The molecule has 1 amide bonds. The highest BCUT2D eigenvalue weighted by molar-refractivity contribution is 5.85. The summed E-state index contributed by atoms with van der Waals surface area (Å²) in [6.07, 6.45) is 9.16. The van der Waals surface area contributed by atoms with Crippen molar-refractivity contribution in [2.45, 2.75) is 45.1 Å². The van der Waals surface area contributed by atoms with Crippen LogP contribution in [0.2, 0.25) is 0 Å². The molecule has 1 heterocycles. The summed E-state index contributed by atoms with van der Waals surface area (Å²) in [5, 5.41) is 16.4. The molecule has 0 unspecified atom stereocenters. The van der Waals surface area contributed by atoms with Gasteiger partial charge >= 0.3 is 0 Å². The Labute approximate surface area is 113 Å².